The lowest BCUT2D eigenvalue weighted by Crippen LogP contribution is -2.40. The number of hydrogen-bond acceptors (Lipinski definition) is 6. The molecule has 1 spiro atoms. The van der Waals surface area contributed by atoms with Gasteiger partial charge in [0, 0.05) is 28.4 Å². The van der Waals surface area contributed by atoms with Crippen LogP contribution in [-0.4, -0.2) is 18.0 Å². The second-order valence-corrected chi connectivity index (χ2v) is 9.25. The van der Waals surface area contributed by atoms with E-state index in [1.165, 1.54) is 11.9 Å². The maximum Gasteiger partial charge on any atom is 0.235 e. The Labute approximate surface area is 183 Å². The number of amides is 1. The molecule has 152 valence electrons. The number of fused-ring (bicyclic) bond motifs is 2. The van der Waals surface area contributed by atoms with E-state index in [-0.39, 0.29) is 5.91 Å². The van der Waals surface area contributed by atoms with Crippen molar-refractivity contribution in [2.24, 2.45) is 0 Å². The Bertz CT molecular complexity index is 1140. The quantitative estimate of drug-likeness (QED) is 0.486. The van der Waals surface area contributed by atoms with Crippen molar-refractivity contribution >= 4 is 46.1 Å². The molecule has 0 bridgehead atoms. The molecular weight excluding hydrogens is 414 g/mol. The summed E-state index contributed by atoms with van der Waals surface area (Å²) in [5, 5.41) is 5.94. The number of para-hydroxylation sites is 1. The van der Waals surface area contributed by atoms with Crippen molar-refractivity contribution in [3.05, 3.63) is 70.7 Å². The topological polar surface area (TPSA) is 63.3 Å². The molecule has 0 radical (unpaired) electrons. The smallest absolute Gasteiger partial charge is 0.235 e. The van der Waals surface area contributed by atoms with E-state index >= 15 is 0 Å². The summed E-state index contributed by atoms with van der Waals surface area (Å²) in [6, 6.07) is 12.0. The zero-order valence-electron chi connectivity index (χ0n) is 16.5. The van der Waals surface area contributed by atoms with E-state index in [1.54, 1.807) is 24.6 Å². The number of benzene rings is 2. The lowest BCUT2D eigenvalue weighted by molar-refractivity contribution is -0.123. The number of hydrogen-bond donors (Lipinski definition) is 2. The number of rotatable bonds is 6. The fraction of sp³-hybridized carbons (Fsp3) is 0.217. The van der Waals surface area contributed by atoms with Gasteiger partial charge < -0.3 is 14.8 Å². The highest BCUT2D eigenvalue weighted by Gasteiger charge is 2.51. The van der Waals surface area contributed by atoms with Crippen molar-refractivity contribution in [2.45, 2.75) is 29.6 Å². The minimum absolute atomic E-state index is 0.103. The number of thiazole rings is 1. The summed E-state index contributed by atoms with van der Waals surface area (Å²) < 4.78 is 8.90. The van der Waals surface area contributed by atoms with Crippen LogP contribution >= 0.6 is 23.3 Å². The number of anilines is 2. The van der Waals surface area contributed by atoms with Gasteiger partial charge in [-0.2, -0.15) is 0 Å². The average molecular weight is 436 g/mol. The predicted molar refractivity (Wildman–Crippen MR) is 123 cm³/mol. The first-order valence-electron chi connectivity index (χ1n) is 9.77. The van der Waals surface area contributed by atoms with Crippen molar-refractivity contribution in [1.29, 1.82) is 0 Å². The number of methoxy groups -OCH3 is 1. The molecule has 2 aromatic carbocycles. The molecule has 1 amide bonds. The summed E-state index contributed by atoms with van der Waals surface area (Å²) in [6.07, 6.45) is 4.62. The maximum absolute atomic E-state index is 12.9. The third kappa shape index (κ3) is 3.00. The highest BCUT2D eigenvalue weighted by atomic mass is 32.2. The van der Waals surface area contributed by atoms with Crippen LogP contribution in [0.2, 0.25) is 0 Å². The van der Waals surface area contributed by atoms with E-state index in [0.717, 1.165) is 63.0 Å². The third-order valence-electron chi connectivity index (χ3n) is 5.90. The molecule has 0 unspecified atom stereocenters. The fourth-order valence-electron chi connectivity index (χ4n) is 4.14. The first-order valence-corrected chi connectivity index (χ1v) is 11.5. The fourth-order valence-corrected chi connectivity index (χ4v) is 5.51. The van der Waals surface area contributed by atoms with Crippen LogP contribution in [0.4, 0.5) is 11.4 Å². The summed E-state index contributed by atoms with van der Waals surface area (Å²) in [5.74, 6) is 0.919. The number of carbonyl (C=O) groups is 1. The normalized spacial score (nSPS) is 16.0. The Morgan fingerprint density at radius 2 is 2.17 bits per heavy atom. The van der Waals surface area contributed by atoms with Gasteiger partial charge in [-0.15, -0.1) is 11.3 Å². The van der Waals surface area contributed by atoms with E-state index in [2.05, 4.69) is 27.7 Å². The molecule has 30 heavy (non-hydrogen) atoms. The molecule has 2 aliphatic rings. The summed E-state index contributed by atoms with van der Waals surface area (Å²) in [4.78, 5) is 18.3. The zero-order chi connectivity index (χ0) is 20.7. The monoisotopic (exact) mass is 435 g/mol. The molecule has 0 saturated heterocycles. The van der Waals surface area contributed by atoms with Crippen LogP contribution < -0.4 is 14.8 Å². The molecule has 3 aromatic rings. The van der Waals surface area contributed by atoms with Crippen LogP contribution in [-0.2, 0) is 10.2 Å². The van der Waals surface area contributed by atoms with Gasteiger partial charge in [0.25, 0.3) is 0 Å². The molecule has 5 nitrogen and oxygen atoms in total. The van der Waals surface area contributed by atoms with Crippen molar-refractivity contribution in [2.75, 3.05) is 17.1 Å². The molecule has 1 aromatic heterocycles. The van der Waals surface area contributed by atoms with Crippen molar-refractivity contribution in [3.8, 4) is 5.75 Å². The van der Waals surface area contributed by atoms with Crippen LogP contribution in [0.25, 0.3) is 5.57 Å². The number of carbonyl (C=O) groups excluding carboxylic acids is 1. The van der Waals surface area contributed by atoms with Gasteiger partial charge in [0.1, 0.15) is 10.8 Å². The molecular formula is C23H21N3O2S2. The molecule has 5 rings (SSSR count). The Morgan fingerprint density at radius 3 is 2.87 bits per heavy atom. The van der Waals surface area contributed by atoms with Gasteiger partial charge in [0.15, 0.2) is 0 Å². The number of nitrogens with zero attached hydrogens (tertiary/aromatic N) is 1. The zero-order valence-corrected chi connectivity index (χ0v) is 18.2. The standard InChI is InChI=1S/C23H21N3O2S2/c1-14(21-24-10-11-29-21)16-12-15(26-30-19-7-4-3-6-18(19)28-2)13-17-20(16)25-22(27)23(17)8-5-9-23/h3-4,6-7,10-13,26H,1,5,8-9H2,2H3,(H,25,27). The minimum atomic E-state index is -0.403. The van der Waals surface area contributed by atoms with Crippen LogP contribution in [0.5, 0.6) is 5.75 Å². The second-order valence-electron chi connectivity index (χ2n) is 7.51. The predicted octanol–water partition coefficient (Wildman–Crippen LogP) is 5.71. The van der Waals surface area contributed by atoms with Crippen LogP contribution in [0.15, 0.2) is 59.4 Å². The van der Waals surface area contributed by atoms with Gasteiger partial charge in [0.05, 0.1) is 23.1 Å². The van der Waals surface area contributed by atoms with Crippen LogP contribution in [0, 0.1) is 0 Å². The molecule has 2 heterocycles. The first-order chi connectivity index (χ1) is 14.6. The highest BCUT2D eigenvalue weighted by Crippen LogP contribution is 2.54. The number of nitrogens with one attached hydrogen (secondary N) is 2. The summed E-state index contributed by atoms with van der Waals surface area (Å²) in [5.41, 5.74) is 4.22. The summed E-state index contributed by atoms with van der Waals surface area (Å²) in [6.45, 7) is 4.29. The molecule has 1 aliphatic heterocycles. The Kier molecular flexibility index (Phi) is 4.79. The van der Waals surface area contributed by atoms with Gasteiger partial charge in [-0.3, -0.25) is 4.79 Å². The number of ether oxygens (including phenoxy) is 1. The molecule has 1 fully saturated rings. The van der Waals surface area contributed by atoms with E-state index in [9.17, 15) is 4.79 Å². The van der Waals surface area contributed by atoms with Crippen molar-refractivity contribution in [1.82, 2.24) is 4.98 Å². The Balaban J connectivity index is 1.55. The summed E-state index contributed by atoms with van der Waals surface area (Å²) in [7, 11) is 1.67. The van der Waals surface area contributed by atoms with Gasteiger partial charge >= 0.3 is 0 Å². The second kappa shape index (κ2) is 7.49. The van der Waals surface area contributed by atoms with E-state index < -0.39 is 5.41 Å². The molecule has 1 saturated carbocycles. The van der Waals surface area contributed by atoms with Crippen LogP contribution in [0.1, 0.15) is 35.4 Å². The van der Waals surface area contributed by atoms with E-state index in [0.29, 0.717) is 0 Å². The van der Waals surface area contributed by atoms with Crippen LogP contribution in [0.3, 0.4) is 0 Å². The van der Waals surface area contributed by atoms with E-state index in [4.69, 9.17) is 4.74 Å². The summed E-state index contributed by atoms with van der Waals surface area (Å²) >= 11 is 3.04. The molecule has 7 heteroatoms. The van der Waals surface area contributed by atoms with E-state index in [1.807, 2.05) is 35.7 Å². The van der Waals surface area contributed by atoms with Crippen molar-refractivity contribution in [3.63, 3.8) is 0 Å². The Hall–Kier alpha value is -2.77. The largest absolute Gasteiger partial charge is 0.496 e. The average Bonchev–Trinajstić information content (AvgIpc) is 3.36. The number of aromatic nitrogens is 1. The SMILES string of the molecule is C=C(c1nccs1)c1cc(NSc2ccccc2OC)cc2c1NC(=O)C21CCC1. The molecule has 1 aliphatic carbocycles. The Morgan fingerprint density at radius 1 is 1.33 bits per heavy atom. The lowest BCUT2D eigenvalue weighted by Gasteiger charge is -2.36. The molecule has 2 N–H and O–H groups in total. The maximum atomic E-state index is 12.9. The van der Waals surface area contributed by atoms with Gasteiger partial charge in [-0.25, -0.2) is 4.98 Å². The highest BCUT2D eigenvalue weighted by molar-refractivity contribution is 8.00. The first kappa shape index (κ1) is 19.2. The molecule has 0 atom stereocenters. The van der Waals surface area contributed by atoms with Gasteiger partial charge in [-0.1, -0.05) is 25.1 Å². The van der Waals surface area contributed by atoms with Crippen molar-refractivity contribution < 1.29 is 9.53 Å². The van der Waals surface area contributed by atoms with Gasteiger partial charge in [0.2, 0.25) is 5.91 Å². The third-order valence-corrected chi connectivity index (χ3v) is 7.63. The minimum Gasteiger partial charge on any atom is -0.496 e. The lowest BCUT2D eigenvalue weighted by atomic mass is 9.65. The van der Waals surface area contributed by atoms with Gasteiger partial charge in [-0.05, 0) is 54.6 Å².